The average Bonchev–Trinajstić information content (AvgIpc) is 2.29. The first-order valence-electron chi connectivity index (χ1n) is 5.77. The minimum atomic E-state index is -0.269. The first-order chi connectivity index (χ1) is 7.94. The molecule has 0 fully saturated rings. The Hall–Kier alpha value is -1.55. The van der Waals surface area contributed by atoms with E-state index in [2.05, 4.69) is 26.1 Å². The van der Waals surface area contributed by atoms with Crippen molar-refractivity contribution in [3.63, 3.8) is 0 Å². The second-order valence-electron chi connectivity index (χ2n) is 5.03. The summed E-state index contributed by atoms with van der Waals surface area (Å²) in [6.07, 6.45) is -0.269. The zero-order valence-electron chi connectivity index (χ0n) is 10.7. The van der Waals surface area contributed by atoms with E-state index in [9.17, 15) is 5.11 Å². The summed E-state index contributed by atoms with van der Waals surface area (Å²) in [5.41, 5.74) is 1.63. The van der Waals surface area contributed by atoms with Crippen molar-refractivity contribution in [2.45, 2.75) is 32.5 Å². The number of para-hydroxylation sites is 1. The Morgan fingerprint density at radius 1 is 1.35 bits per heavy atom. The monoisotopic (exact) mass is 235 g/mol. The van der Waals surface area contributed by atoms with Crippen LogP contribution in [0.3, 0.4) is 0 Å². The van der Waals surface area contributed by atoms with Gasteiger partial charge in [-0.25, -0.2) is 0 Å². The molecule has 4 heteroatoms. The fourth-order valence-corrected chi connectivity index (χ4v) is 1.94. The van der Waals surface area contributed by atoms with Crippen LogP contribution in [0.25, 0.3) is 0 Å². The molecule has 4 nitrogen and oxygen atoms in total. The lowest BCUT2D eigenvalue weighted by molar-refractivity contribution is -0.975. The van der Waals surface area contributed by atoms with Crippen molar-refractivity contribution in [2.24, 2.45) is 5.16 Å². The maximum absolute atomic E-state index is 9.87. The topological polar surface area (TPSA) is 46.3 Å². The second kappa shape index (κ2) is 4.04. The van der Waals surface area contributed by atoms with Gasteiger partial charge < -0.3 is 9.94 Å². The van der Waals surface area contributed by atoms with Gasteiger partial charge in [0.25, 0.3) is 6.23 Å². The third kappa shape index (κ3) is 1.89. The summed E-state index contributed by atoms with van der Waals surface area (Å²) in [5, 5.41) is 14.0. The average molecular weight is 235 g/mol. The minimum absolute atomic E-state index is 0.106. The summed E-state index contributed by atoms with van der Waals surface area (Å²) in [6.45, 7) is 6.21. The van der Waals surface area contributed by atoms with Gasteiger partial charge in [0.05, 0.1) is 12.6 Å². The Bertz CT molecular complexity index is 454. The molecule has 0 aromatic heterocycles. The zero-order chi connectivity index (χ0) is 12.6. The molecule has 0 spiro atoms. The highest BCUT2D eigenvalue weighted by atomic mass is 16.7. The number of rotatable bonds is 1. The molecule has 92 valence electrons. The van der Waals surface area contributed by atoms with Crippen LogP contribution >= 0.6 is 0 Å². The first kappa shape index (κ1) is 11.9. The lowest BCUT2D eigenvalue weighted by atomic mass is 9.95. The molecule has 0 aliphatic carbocycles. The van der Waals surface area contributed by atoms with Gasteiger partial charge in [0.15, 0.2) is 0 Å². The number of phenols is 1. The van der Waals surface area contributed by atoms with Crippen molar-refractivity contribution < 1.29 is 14.8 Å². The third-order valence-electron chi connectivity index (χ3n) is 3.80. The van der Waals surface area contributed by atoms with Crippen molar-refractivity contribution in [1.82, 2.24) is 0 Å². The van der Waals surface area contributed by atoms with Gasteiger partial charge in [-0.05, 0) is 32.9 Å². The number of quaternary nitrogens is 1. The van der Waals surface area contributed by atoms with Gasteiger partial charge in [0.1, 0.15) is 17.0 Å². The smallest absolute Gasteiger partial charge is 0.287 e. The summed E-state index contributed by atoms with van der Waals surface area (Å²) in [6, 6.07) is 7.24. The lowest BCUT2D eigenvalue weighted by Gasteiger charge is -2.39. The van der Waals surface area contributed by atoms with E-state index >= 15 is 0 Å². The van der Waals surface area contributed by atoms with E-state index in [-0.39, 0.29) is 17.5 Å². The SMILES string of the molecule is CC1=NO[C@@H](c2ccccc2O)[NH+](C)C1(C)C. The summed E-state index contributed by atoms with van der Waals surface area (Å²) < 4.78 is 0. The standard InChI is InChI=1S/C13H18N2O2/c1-9-13(2,3)15(4)12(17-14-9)10-7-5-6-8-11(10)16/h5-8,12,16H,1-4H3/p+1/t12-/m0/s1. The highest BCUT2D eigenvalue weighted by Crippen LogP contribution is 2.25. The highest BCUT2D eigenvalue weighted by Gasteiger charge is 2.43. The van der Waals surface area contributed by atoms with Crippen LogP contribution in [0.1, 0.15) is 32.6 Å². The third-order valence-corrected chi connectivity index (χ3v) is 3.80. The Morgan fingerprint density at radius 3 is 2.65 bits per heavy atom. The van der Waals surface area contributed by atoms with Crippen LogP contribution in [0, 0.1) is 0 Å². The lowest BCUT2D eigenvalue weighted by Crippen LogP contribution is -3.19. The number of phenolic OH excluding ortho intramolecular Hbond substituents is 1. The number of nitrogens with one attached hydrogen (secondary N) is 1. The molecule has 1 heterocycles. The van der Waals surface area contributed by atoms with Crippen LogP contribution in [0.5, 0.6) is 5.75 Å². The molecule has 0 saturated carbocycles. The molecule has 2 rings (SSSR count). The van der Waals surface area contributed by atoms with Gasteiger partial charge in [0.2, 0.25) is 0 Å². The van der Waals surface area contributed by atoms with Gasteiger partial charge in [-0.15, -0.1) is 0 Å². The van der Waals surface area contributed by atoms with Crippen molar-refractivity contribution in [1.29, 1.82) is 0 Å². The second-order valence-corrected chi connectivity index (χ2v) is 5.03. The summed E-state index contributed by atoms with van der Waals surface area (Å²) in [5.74, 6) is 0.252. The van der Waals surface area contributed by atoms with E-state index in [0.29, 0.717) is 0 Å². The predicted octanol–water partition coefficient (Wildman–Crippen LogP) is 1.09. The normalized spacial score (nSPS) is 27.2. The Labute approximate surface area is 101 Å². The molecule has 1 aliphatic rings. The maximum Gasteiger partial charge on any atom is 0.287 e. The number of aromatic hydroxyl groups is 1. The van der Waals surface area contributed by atoms with Gasteiger partial charge >= 0.3 is 0 Å². The fourth-order valence-electron chi connectivity index (χ4n) is 1.94. The molecule has 1 aromatic rings. The predicted molar refractivity (Wildman–Crippen MR) is 66.0 cm³/mol. The zero-order valence-corrected chi connectivity index (χ0v) is 10.7. The Morgan fingerprint density at radius 2 is 2.00 bits per heavy atom. The largest absolute Gasteiger partial charge is 0.507 e. The minimum Gasteiger partial charge on any atom is -0.507 e. The number of benzene rings is 1. The molecule has 1 unspecified atom stereocenters. The molecule has 1 aromatic carbocycles. The molecule has 0 bridgehead atoms. The molecule has 2 N–H and O–H groups in total. The Kier molecular flexibility index (Phi) is 2.83. The number of nitrogens with zero attached hydrogens (tertiary/aromatic N) is 1. The van der Waals surface area contributed by atoms with E-state index in [1.165, 1.54) is 0 Å². The van der Waals surface area contributed by atoms with Crippen LogP contribution < -0.4 is 4.90 Å². The van der Waals surface area contributed by atoms with Crippen LogP contribution in [-0.4, -0.2) is 23.4 Å². The van der Waals surface area contributed by atoms with E-state index in [4.69, 9.17) is 4.84 Å². The first-order valence-corrected chi connectivity index (χ1v) is 5.77. The quantitative estimate of drug-likeness (QED) is 0.765. The van der Waals surface area contributed by atoms with E-state index in [0.717, 1.165) is 16.2 Å². The van der Waals surface area contributed by atoms with Crippen molar-refractivity contribution >= 4 is 5.71 Å². The molecular formula is C13H19N2O2+. The summed E-state index contributed by atoms with van der Waals surface area (Å²) >= 11 is 0. The summed E-state index contributed by atoms with van der Waals surface area (Å²) in [4.78, 5) is 6.65. The van der Waals surface area contributed by atoms with Crippen LogP contribution in [0.2, 0.25) is 0 Å². The van der Waals surface area contributed by atoms with E-state index in [1.807, 2.05) is 19.1 Å². The Balaban J connectivity index is 2.40. The molecule has 0 amide bonds. The van der Waals surface area contributed by atoms with Crippen molar-refractivity contribution in [3.05, 3.63) is 29.8 Å². The number of hydrogen-bond acceptors (Lipinski definition) is 3. The summed E-state index contributed by atoms with van der Waals surface area (Å²) in [7, 11) is 2.05. The molecule has 0 radical (unpaired) electrons. The van der Waals surface area contributed by atoms with Gasteiger partial charge in [-0.2, -0.15) is 0 Å². The molecule has 1 aliphatic heterocycles. The molecule has 2 atom stereocenters. The van der Waals surface area contributed by atoms with Crippen LogP contribution in [0.4, 0.5) is 0 Å². The van der Waals surface area contributed by atoms with Gasteiger partial charge in [-0.1, -0.05) is 17.3 Å². The number of oxime groups is 1. The van der Waals surface area contributed by atoms with Gasteiger partial charge in [-0.3, -0.25) is 4.90 Å². The van der Waals surface area contributed by atoms with E-state index < -0.39 is 0 Å². The fraction of sp³-hybridized carbons (Fsp3) is 0.462. The van der Waals surface area contributed by atoms with Crippen LogP contribution in [-0.2, 0) is 4.84 Å². The van der Waals surface area contributed by atoms with Crippen molar-refractivity contribution in [3.8, 4) is 5.75 Å². The number of hydrogen-bond donors (Lipinski definition) is 2. The molecule has 17 heavy (non-hydrogen) atoms. The molecular weight excluding hydrogens is 216 g/mol. The van der Waals surface area contributed by atoms with Crippen molar-refractivity contribution in [2.75, 3.05) is 7.05 Å². The van der Waals surface area contributed by atoms with Crippen LogP contribution in [0.15, 0.2) is 29.4 Å². The highest BCUT2D eigenvalue weighted by molar-refractivity contribution is 5.89. The maximum atomic E-state index is 9.87. The molecule has 0 saturated heterocycles. The van der Waals surface area contributed by atoms with E-state index in [1.54, 1.807) is 12.1 Å². The van der Waals surface area contributed by atoms with Gasteiger partial charge in [0, 0.05) is 0 Å².